The van der Waals surface area contributed by atoms with Gasteiger partial charge in [-0.1, -0.05) is 24.3 Å². The van der Waals surface area contributed by atoms with E-state index in [1.807, 2.05) is 0 Å². The fourth-order valence-electron chi connectivity index (χ4n) is 2.51. The normalized spacial score (nSPS) is 10.5. The third-order valence-corrected chi connectivity index (χ3v) is 4.11. The molecule has 3 aromatic carbocycles. The van der Waals surface area contributed by atoms with Crippen molar-refractivity contribution >= 4 is 23.7 Å². The summed E-state index contributed by atoms with van der Waals surface area (Å²) in [6.07, 6.45) is 1.39. The number of hydrogen-bond donors (Lipinski definition) is 2. The lowest BCUT2D eigenvalue weighted by Crippen LogP contribution is -2.32. The fourth-order valence-corrected chi connectivity index (χ4v) is 2.51. The maximum absolute atomic E-state index is 13.0. The summed E-state index contributed by atoms with van der Waals surface area (Å²) >= 11 is 0. The highest BCUT2D eigenvalue weighted by Crippen LogP contribution is 2.15. The summed E-state index contributed by atoms with van der Waals surface area (Å²) in [6.45, 7) is 0.281. The van der Waals surface area contributed by atoms with Crippen molar-refractivity contribution in [1.82, 2.24) is 5.43 Å². The molecule has 0 aromatic heterocycles. The Balaban J connectivity index is 1.50. The van der Waals surface area contributed by atoms with Gasteiger partial charge < -0.3 is 14.8 Å². The molecular weight excluding hydrogens is 401 g/mol. The Morgan fingerprint density at radius 3 is 2.42 bits per heavy atom. The topological polar surface area (TPSA) is 89.0 Å². The van der Waals surface area contributed by atoms with Crippen LogP contribution in [0.4, 0.5) is 10.1 Å². The molecule has 0 bridgehead atoms. The van der Waals surface area contributed by atoms with Gasteiger partial charge in [0.15, 0.2) is 0 Å². The lowest BCUT2D eigenvalue weighted by atomic mass is 10.2. The summed E-state index contributed by atoms with van der Waals surface area (Å²) in [7, 11) is 1.53. The SMILES string of the molecule is COc1ccc(NC(=O)C(=O)N/N=C/c2cccc(OCc3ccc(F)cc3)c2)cc1. The van der Waals surface area contributed by atoms with Crippen LogP contribution in [0.15, 0.2) is 77.9 Å². The van der Waals surface area contributed by atoms with E-state index in [4.69, 9.17) is 9.47 Å². The molecule has 0 spiro atoms. The number of rotatable bonds is 7. The van der Waals surface area contributed by atoms with Gasteiger partial charge in [-0.15, -0.1) is 0 Å². The molecule has 3 aromatic rings. The van der Waals surface area contributed by atoms with E-state index >= 15 is 0 Å². The number of carbonyl (C=O) groups excluding carboxylic acids is 2. The van der Waals surface area contributed by atoms with Crippen LogP contribution >= 0.6 is 0 Å². The molecule has 0 unspecified atom stereocenters. The number of methoxy groups -OCH3 is 1. The second-order valence-electron chi connectivity index (χ2n) is 6.37. The quantitative estimate of drug-likeness (QED) is 0.347. The number of amides is 2. The second kappa shape index (κ2) is 10.5. The number of hydrazone groups is 1. The highest BCUT2D eigenvalue weighted by atomic mass is 19.1. The Bertz CT molecular complexity index is 1070. The summed E-state index contributed by atoms with van der Waals surface area (Å²) < 4.78 is 23.7. The van der Waals surface area contributed by atoms with Crippen LogP contribution in [-0.2, 0) is 16.2 Å². The van der Waals surface area contributed by atoms with E-state index in [2.05, 4.69) is 15.8 Å². The number of nitrogens with one attached hydrogen (secondary N) is 2. The first-order valence-electron chi connectivity index (χ1n) is 9.29. The van der Waals surface area contributed by atoms with E-state index in [0.29, 0.717) is 22.7 Å². The molecule has 7 nitrogen and oxygen atoms in total. The third-order valence-electron chi connectivity index (χ3n) is 4.11. The van der Waals surface area contributed by atoms with Gasteiger partial charge in [0.05, 0.1) is 13.3 Å². The molecule has 0 aliphatic rings. The number of hydrogen-bond acceptors (Lipinski definition) is 5. The average Bonchev–Trinajstić information content (AvgIpc) is 2.79. The Hall–Kier alpha value is -4.20. The van der Waals surface area contributed by atoms with Crippen LogP contribution in [0.25, 0.3) is 0 Å². The van der Waals surface area contributed by atoms with Crippen LogP contribution in [0.1, 0.15) is 11.1 Å². The first kappa shape index (κ1) is 21.5. The van der Waals surface area contributed by atoms with Gasteiger partial charge in [-0.25, -0.2) is 9.82 Å². The Labute approximate surface area is 178 Å². The molecule has 0 radical (unpaired) electrons. The summed E-state index contributed by atoms with van der Waals surface area (Å²) in [6, 6.07) is 19.6. The van der Waals surface area contributed by atoms with Gasteiger partial charge in [-0.2, -0.15) is 5.10 Å². The highest BCUT2D eigenvalue weighted by Gasteiger charge is 2.12. The lowest BCUT2D eigenvalue weighted by Gasteiger charge is -2.07. The summed E-state index contributed by atoms with van der Waals surface area (Å²) in [4.78, 5) is 23.8. The van der Waals surface area contributed by atoms with Crippen molar-refractivity contribution < 1.29 is 23.5 Å². The zero-order valence-electron chi connectivity index (χ0n) is 16.7. The van der Waals surface area contributed by atoms with E-state index in [1.165, 1.54) is 25.5 Å². The molecule has 0 saturated carbocycles. The number of nitrogens with zero attached hydrogens (tertiary/aromatic N) is 1. The summed E-state index contributed by atoms with van der Waals surface area (Å²) in [5, 5.41) is 6.26. The van der Waals surface area contributed by atoms with Crippen molar-refractivity contribution in [3.8, 4) is 11.5 Å². The number of anilines is 1. The number of carbonyl (C=O) groups is 2. The van der Waals surface area contributed by atoms with Crippen LogP contribution in [0.2, 0.25) is 0 Å². The molecule has 3 rings (SSSR count). The van der Waals surface area contributed by atoms with Gasteiger partial charge in [0, 0.05) is 5.69 Å². The van der Waals surface area contributed by atoms with Gasteiger partial charge in [0.2, 0.25) is 0 Å². The van der Waals surface area contributed by atoms with Crippen molar-refractivity contribution in [2.45, 2.75) is 6.61 Å². The van der Waals surface area contributed by atoms with Gasteiger partial charge in [-0.3, -0.25) is 9.59 Å². The van der Waals surface area contributed by atoms with Crippen molar-refractivity contribution in [1.29, 1.82) is 0 Å². The second-order valence-corrected chi connectivity index (χ2v) is 6.37. The molecule has 0 saturated heterocycles. The summed E-state index contributed by atoms with van der Waals surface area (Å²) in [5.74, 6) is -0.844. The Morgan fingerprint density at radius 1 is 0.968 bits per heavy atom. The van der Waals surface area contributed by atoms with Crippen LogP contribution in [-0.4, -0.2) is 25.1 Å². The molecule has 2 N–H and O–H groups in total. The smallest absolute Gasteiger partial charge is 0.329 e. The number of halogens is 1. The van der Waals surface area contributed by atoms with E-state index in [1.54, 1.807) is 60.7 Å². The highest BCUT2D eigenvalue weighted by molar-refractivity contribution is 6.39. The number of ether oxygens (including phenoxy) is 2. The molecule has 0 atom stereocenters. The van der Waals surface area contributed by atoms with E-state index in [0.717, 1.165) is 5.56 Å². The fraction of sp³-hybridized carbons (Fsp3) is 0.0870. The van der Waals surface area contributed by atoms with Gasteiger partial charge in [0.25, 0.3) is 0 Å². The lowest BCUT2D eigenvalue weighted by molar-refractivity contribution is -0.136. The van der Waals surface area contributed by atoms with Gasteiger partial charge in [0.1, 0.15) is 23.9 Å². The largest absolute Gasteiger partial charge is 0.497 e. The molecular formula is C23H20FN3O4. The molecule has 2 amide bonds. The van der Waals surface area contributed by atoms with Crippen LogP contribution in [0.3, 0.4) is 0 Å². The first-order valence-corrected chi connectivity index (χ1v) is 9.29. The molecule has 0 aliphatic carbocycles. The zero-order chi connectivity index (χ0) is 22.1. The third kappa shape index (κ3) is 6.67. The standard InChI is InChI=1S/C23H20FN3O4/c1-30-20-11-9-19(10-12-20)26-22(28)23(29)27-25-14-17-3-2-4-21(13-17)31-15-16-5-7-18(24)8-6-16/h2-14H,15H2,1H3,(H,26,28)(H,27,29)/b25-14+. The minimum Gasteiger partial charge on any atom is -0.497 e. The Kier molecular flexibility index (Phi) is 7.31. The predicted molar refractivity (Wildman–Crippen MR) is 115 cm³/mol. The monoisotopic (exact) mass is 421 g/mol. The molecule has 31 heavy (non-hydrogen) atoms. The molecule has 158 valence electrons. The van der Waals surface area contributed by atoms with Gasteiger partial charge >= 0.3 is 11.8 Å². The van der Waals surface area contributed by atoms with Crippen molar-refractivity contribution in [2.75, 3.05) is 12.4 Å². The average molecular weight is 421 g/mol. The summed E-state index contributed by atoms with van der Waals surface area (Å²) in [5.41, 5.74) is 4.12. The maximum Gasteiger partial charge on any atom is 0.329 e. The minimum atomic E-state index is -0.907. The van der Waals surface area contributed by atoms with E-state index in [9.17, 15) is 14.0 Å². The van der Waals surface area contributed by atoms with Crippen molar-refractivity contribution in [3.63, 3.8) is 0 Å². The van der Waals surface area contributed by atoms with E-state index in [-0.39, 0.29) is 12.4 Å². The first-order chi connectivity index (χ1) is 15.0. The number of benzene rings is 3. The van der Waals surface area contributed by atoms with Gasteiger partial charge in [-0.05, 0) is 59.7 Å². The van der Waals surface area contributed by atoms with Crippen molar-refractivity contribution in [3.05, 3.63) is 89.7 Å². The predicted octanol–water partition coefficient (Wildman–Crippen LogP) is 3.50. The Morgan fingerprint density at radius 2 is 1.71 bits per heavy atom. The van der Waals surface area contributed by atoms with E-state index < -0.39 is 11.8 Å². The molecule has 0 aliphatic heterocycles. The molecule has 0 fully saturated rings. The van der Waals surface area contributed by atoms with Crippen LogP contribution in [0.5, 0.6) is 11.5 Å². The van der Waals surface area contributed by atoms with Crippen LogP contribution in [0, 0.1) is 5.82 Å². The van der Waals surface area contributed by atoms with Crippen LogP contribution < -0.4 is 20.2 Å². The maximum atomic E-state index is 13.0. The minimum absolute atomic E-state index is 0.281. The van der Waals surface area contributed by atoms with Crippen molar-refractivity contribution in [2.24, 2.45) is 5.10 Å². The molecule has 8 heteroatoms. The molecule has 0 heterocycles. The zero-order valence-corrected chi connectivity index (χ0v) is 16.7.